The number of hydrogen-bond donors (Lipinski definition) is 0. The van der Waals surface area contributed by atoms with Crippen LogP contribution in [0.5, 0.6) is 0 Å². The molecule has 0 amide bonds. The molecule has 1 aromatic carbocycles. The molecule has 4 rings (SSSR count). The number of ether oxygens (including phenoxy) is 1. The van der Waals surface area contributed by atoms with Crippen LogP contribution in [0.4, 0.5) is 0 Å². The van der Waals surface area contributed by atoms with Gasteiger partial charge in [-0.15, -0.1) is 0 Å². The first-order valence-corrected chi connectivity index (χ1v) is 10.7. The van der Waals surface area contributed by atoms with E-state index in [0.717, 1.165) is 29.9 Å². The van der Waals surface area contributed by atoms with Crippen LogP contribution in [-0.2, 0) is 24.9 Å². The average Bonchev–Trinajstić information content (AvgIpc) is 3.24. The molecule has 0 saturated heterocycles. The van der Waals surface area contributed by atoms with Gasteiger partial charge in [0.25, 0.3) is 5.56 Å². The molecular formula is C22H26ClN5O3. The zero-order valence-electron chi connectivity index (χ0n) is 18.2. The Morgan fingerprint density at radius 2 is 1.90 bits per heavy atom. The van der Waals surface area contributed by atoms with Gasteiger partial charge in [0.15, 0.2) is 11.2 Å². The number of hydrogen-bond acceptors (Lipinski definition) is 4. The summed E-state index contributed by atoms with van der Waals surface area (Å²) in [7, 11) is 1.65. The topological polar surface area (TPSA) is 75.5 Å². The molecular weight excluding hydrogens is 418 g/mol. The van der Waals surface area contributed by atoms with E-state index in [1.165, 1.54) is 9.13 Å². The summed E-state index contributed by atoms with van der Waals surface area (Å²) in [6.07, 6.45) is 0.833. The fraction of sp³-hybridized carbons (Fsp3) is 0.409. The number of rotatable bonds is 7. The van der Waals surface area contributed by atoms with Gasteiger partial charge in [0.05, 0.1) is 6.54 Å². The van der Waals surface area contributed by atoms with Crippen molar-refractivity contribution in [3.05, 3.63) is 67.1 Å². The highest BCUT2D eigenvalue weighted by molar-refractivity contribution is 6.30. The van der Waals surface area contributed by atoms with Gasteiger partial charge in [-0.3, -0.25) is 18.3 Å². The van der Waals surface area contributed by atoms with Crippen LogP contribution in [0.15, 0.2) is 33.9 Å². The molecule has 0 atom stereocenters. The first-order valence-electron chi connectivity index (χ1n) is 10.3. The van der Waals surface area contributed by atoms with Crippen LogP contribution in [-0.4, -0.2) is 36.3 Å². The van der Waals surface area contributed by atoms with Gasteiger partial charge in [-0.25, -0.2) is 4.79 Å². The molecule has 3 heterocycles. The van der Waals surface area contributed by atoms with Gasteiger partial charge in [-0.1, -0.05) is 23.7 Å². The highest BCUT2D eigenvalue weighted by Crippen LogP contribution is 2.21. The number of benzene rings is 1. The van der Waals surface area contributed by atoms with Gasteiger partial charge in [0.2, 0.25) is 5.78 Å². The largest absolute Gasteiger partial charge is 0.382 e. The van der Waals surface area contributed by atoms with E-state index >= 15 is 0 Å². The predicted octanol–water partition coefficient (Wildman–Crippen LogP) is 2.89. The zero-order chi connectivity index (χ0) is 22.3. The second kappa shape index (κ2) is 8.36. The Morgan fingerprint density at radius 1 is 1.13 bits per heavy atom. The molecule has 0 saturated carbocycles. The Labute approximate surface area is 184 Å². The van der Waals surface area contributed by atoms with E-state index < -0.39 is 5.69 Å². The van der Waals surface area contributed by atoms with Crippen molar-refractivity contribution in [2.75, 3.05) is 13.2 Å². The summed E-state index contributed by atoms with van der Waals surface area (Å²) >= 11 is 6.08. The lowest BCUT2D eigenvalue weighted by atomic mass is 10.2. The standard InChI is InChI=1S/C22H26ClN5O3/c1-5-31-11-7-10-26-14(2)15(3)28-18-19(24-21(26)28)25(4)22(30)27(20(18)29)13-16-8-6-9-17(23)12-16/h6,8-9,12H,5,7,10-11,13H2,1-4H3. The van der Waals surface area contributed by atoms with E-state index in [9.17, 15) is 9.59 Å². The monoisotopic (exact) mass is 443 g/mol. The van der Waals surface area contributed by atoms with E-state index in [2.05, 4.69) is 4.57 Å². The van der Waals surface area contributed by atoms with E-state index in [4.69, 9.17) is 21.3 Å². The van der Waals surface area contributed by atoms with Gasteiger partial charge in [-0.05, 0) is 44.9 Å². The molecule has 31 heavy (non-hydrogen) atoms. The number of imidazole rings is 2. The quantitative estimate of drug-likeness (QED) is 0.411. The maximum Gasteiger partial charge on any atom is 0.332 e. The molecule has 8 nitrogen and oxygen atoms in total. The fourth-order valence-electron chi connectivity index (χ4n) is 4.01. The van der Waals surface area contributed by atoms with E-state index in [0.29, 0.717) is 35.2 Å². The smallest absolute Gasteiger partial charge is 0.332 e. The Hall–Kier alpha value is -2.84. The van der Waals surface area contributed by atoms with Crippen LogP contribution in [0.2, 0.25) is 5.02 Å². The second-order valence-electron chi connectivity index (χ2n) is 7.66. The number of nitrogens with zero attached hydrogens (tertiary/aromatic N) is 5. The summed E-state index contributed by atoms with van der Waals surface area (Å²) in [5, 5.41) is 0.561. The van der Waals surface area contributed by atoms with Crippen molar-refractivity contribution in [2.45, 2.75) is 40.3 Å². The molecule has 0 spiro atoms. The third-order valence-electron chi connectivity index (χ3n) is 5.73. The lowest BCUT2D eigenvalue weighted by Gasteiger charge is -2.09. The molecule has 0 radical (unpaired) electrons. The maximum atomic E-state index is 13.5. The summed E-state index contributed by atoms with van der Waals surface area (Å²) in [5.41, 5.74) is 2.77. The molecule has 0 aliphatic rings. The average molecular weight is 444 g/mol. The van der Waals surface area contributed by atoms with Crippen molar-refractivity contribution in [2.24, 2.45) is 7.05 Å². The molecule has 0 aliphatic heterocycles. The summed E-state index contributed by atoms with van der Waals surface area (Å²) in [6.45, 7) is 8.15. The Bertz CT molecular complexity index is 1390. The lowest BCUT2D eigenvalue weighted by Crippen LogP contribution is -2.39. The van der Waals surface area contributed by atoms with Crippen molar-refractivity contribution in [1.29, 1.82) is 0 Å². The number of halogens is 1. The molecule has 0 unspecified atom stereocenters. The fourth-order valence-corrected chi connectivity index (χ4v) is 4.22. The lowest BCUT2D eigenvalue weighted by molar-refractivity contribution is 0.142. The van der Waals surface area contributed by atoms with Gasteiger partial charge in [0, 0.05) is 43.2 Å². The van der Waals surface area contributed by atoms with Crippen LogP contribution in [0.1, 0.15) is 30.3 Å². The number of aryl methyl sites for hydroxylation is 3. The summed E-state index contributed by atoms with van der Waals surface area (Å²) in [5.74, 6) is 0.661. The first kappa shape index (κ1) is 21.4. The Kier molecular flexibility index (Phi) is 5.77. The van der Waals surface area contributed by atoms with Crippen LogP contribution in [0, 0.1) is 13.8 Å². The van der Waals surface area contributed by atoms with Gasteiger partial charge >= 0.3 is 5.69 Å². The zero-order valence-corrected chi connectivity index (χ0v) is 18.9. The minimum atomic E-state index is -0.407. The molecule has 3 aromatic heterocycles. The van der Waals surface area contributed by atoms with Crippen molar-refractivity contribution >= 4 is 28.5 Å². The minimum Gasteiger partial charge on any atom is -0.382 e. The first-order chi connectivity index (χ1) is 14.8. The normalized spacial score (nSPS) is 11.8. The number of aromatic nitrogens is 5. The van der Waals surface area contributed by atoms with Crippen LogP contribution in [0.25, 0.3) is 16.9 Å². The Balaban J connectivity index is 1.91. The Morgan fingerprint density at radius 3 is 2.61 bits per heavy atom. The van der Waals surface area contributed by atoms with Crippen molar-refractivity contribution < 1.29 is 4.74 Å². The van der Waals surface area contributed by atoms with Crippen molar-refractivity contribution in [3.8, 4) is 0 Å². The van der Waals surface area contributed by atoms with Crippen LogP contribution >= 0.6 is 11.6 Å². The van der Waals surface area contributed by atoms with Crippen LogP contribution in [0.3, 0.4) is 0 Å². The summed E-state index contributed by atoms with van der Waals surface area (Å²) < 4.78 is 12.1. The van der Waals surface area contributed by atoms with Gasteiger partial charge in [0.1, 0.15) is 0 Å². The molecule has 164 valence electrons. The molecule has 0 fully saturated rings. The van der Waals surface area contributed by atoms with E-state index in [-0.39, 0.29) is 12.1 Å². The summed E-state index contributed by atoms with van der Waals surface area (Å²) in [4.78, 5) is 31.1. The third-order valence-corrected chi connectivity index (χ3v) is 5.97. The SMILES string of the molecule is CCOCCCn1c(C)c(C)n2c3c(=O)n(Cc4cccc(Cl)c4)c(=O)n(C)c3nc12. The van der Waals surface area contributed by atoms with E-state index in [1.807, 2.05) is 31.2 Å². The van der Waals surface area contributed by atoms with Crippen LogP contribution < -0.4 is 11.2 Å². The van der Waals surface area contributed by atoms with E-state index in [1.54, 1.807) is 25.2 Å². The van der Waals surface area contributed by atoms with Crippen molar-refractivity contribution in [3.63, 3.8) is 0 Å². The number of fused-ring (bicyclic) bond motifs is 3. The van der Waals surface area contributed by atoms with Crippen molar-refractivity contribution in [1.82, 2.24) is 23.1 Å². The van der Waals surface area contributed by atoms with Gasteiger partial charge in [-0.2, -0.15) is 4.98 Å². The predicted molar refractivity (Wildman–Crippen MR) is 121 cm³/mol. The molecule has 0 aliphatic carbocycles. The second-order valence-corrected chi connectivity index (χ2v) is 8.09. The molecule has 0 N–H and O–H groups in total. The molecule has 4 aromatic rings. The molecule has 9 heteroatoms. The third kappa shape index (κ3) is 3.59. The highest BCUT2D eigenvalue weighted by atomic mass is 35.5. The van der Waals surface area contributed by atoms with Gasteiger partial charge < -0.3 is 9.30 Å². The minimum absolute atomic E-state index is 0.141. The summed E-state index contributed by atoms with van der Waals surface area (Å²) in [6, 6.07) is 7.17. The molecule has 0 bridgehead atoms. The highest BCUT2D eigenvalue weighted by Gasteiger charge is 2.22. The maximum absolute atomic E-state index is 13.5.